The first-order valence-electron chi connectivity index (χ1n) is 6.28. The molecule has 0 spiro atoms. The molecule has 2 heterocycles. The zero-order chi connectivity index (χ0) is 15.6. The van der Waals surface area contributed by atoms with Crippen LogP contribution < -0.4 is 5.32 Å². The van der Waals surface area contributed by atoms with Crippen molar-refractivity contribution in [3.05, 3.63) is 46.1 Å². The Labute approximate surface area is 128 Å². The summed E-state index contributed by atoms with van der Waals surface area (Å²) < 4.78 is 23.1. The zero-order valence-corrected chi connectivity index (χ0v) is 13.6. The van der Waals surface area contributed by atoms with Gasteiger partial charge in [-0.15, -0.1) is 11.3 Å². The van der Waals surface area contributed by atoms with E-state index in [1.54, 1.807) is 24.3 Å². The lowest BCUT2D eigenvalue weighted by Crippen LogP contribution is -2.22. The normalized spacial score (nSPS) is 11.4. The molecule has 112 valence electrons. The quantitative estimate of drug-likeness (QED) is 0.934. The SMILES string of the molecule is Cc1cc(C(=O)NCc2ccc(S(C)(=O)=O)s2)cc(C)n1. The van der Waals surface area contributed by atoms with Crippen LogP contribution in [0.4, 0.5) is 0 Å². The van der Waals surface area contributed by atoms with E-state index in [4.69, 9.17) is 0 Å². The number of sulfone groups is 1. The molecule has 0 atom stereocenters. The number of aryl methyl sites for hydroxylation is 2. The van der Waals surface area contributed by atoms with Crippen molar-refractivity contribution in [2.24, 2.45) is 0 Å². The van der Waals surface area contributed by atoms with Gasteiger partial charge in [-0.25, -0.2) is 8.42 Å². The molecule has 0 bridgehead atoms. The fourth-order valence-corrected chi connectivity index (χ4v) is 3.80. The molecule has 0 fully saturated rings. The lowest BCUT2D eigenvalue weighted by molar-refractivity contribution is 0.0951. The summed E-state index contributed by atoms with van der Waals surface area (Å²) in [5.74, 6) is -0.196. The van der Waals surface area contributed by atoms with Crippen LogP contribution in [0.3, 0.4) is 0 Å². The van der Waals surface area contributed by atoms with Crippen molar-refractivity contribution < 1.29 is 13.2 Å². The van der Waals surface area contributed by atoms with Gasteiger partial charge in [0, 0.05) is 28.1 Å². The van der Waals surface area contributed by atoms with Crippen LogP contribution in [0.2, 0.25) is 0 Å². The van der Waals surface area contributed by atoms with E-state index in [0.717, 1.165) is 16.3 Å². The third-order valence-corrected chi connectivity index (χ3v) is 5.67. The minimum atomic E-state index is -3.19. The minimum Gasteiger partial charge on any atom is -0.347 e. The second-order valence-corrected chi connectivity index (χ2v) is 8.23. The molecule has 0 aliphatic rings. The highest BCUT2D eigenvalue weighted by molar-refractivity contribution is 7.92. The maximum absolute atomic E-state index is 12.1. The van der Waals surface area contributed by atoms with Crippen LogP contribution in [-0.4, -0.2) is 25.6 Å². The average Bonchev–Trinajstić information content (AvgIpc) is 2.83. The summed E-state index contributed by atoms with van der Waals surface area (Å²) in [6.07, 6.45) is 1.17. The van der Waals surface area contributed by atoms with Gasteiger partial charge < -0.3 is 5.32 Å². The van der Waals surface area contributed by atoms with E-state index in [9.17, 15) is 13.2 Å². The predicted molar refractivity (Wildman–Crippen MR) is 82.3 cm³/mol. The summed E-state index contributed by atoms with van der Waals surface area (Å²) in [4.78, 5) is 17.1. The fourth-order valence-electron chi connectivity index (χ4n) is 1.89. The number of rotatable bonds is 4. The van der Waals surface area contributed by atoms with E-state index >= 15 is 0 Å². The van der Waals surface area contributed by atoms with E-state index in [1.807, 2.05) is 13.8 Å². The van der Waals surface area contributed by atoms with Crippen molar-refractivity contribution >= 4 is 27.1 Å². The number of hydrogen-bond acceptors (Lipinski definition) is 5. The molecule has 0 radical (unpaired) electrons. The molecule has 0 aliphatic carbocycles. The molecule has 2 aromatic rings. The number of thiophene rings is 1. The maximum Gasteiger partial charge on any atom is 0.251 e. The van der Waals surface area contributed by atoms with Crippen LogP contribution in [0, 0.1) is 13.8 Å². The second kappa shape index (κ2) is 5.95. The van der Waals surface area contributed by atoms with Crippen LogP contribution in [0.25, 0.3) is 0 Å². The number of nitrogens with zero attached hydrogens (tertiary/aromatic N) is 1. The Kier molecular flexibility index (Phi) is 4.43. The van der Waals surface area contributed by atoms with Crippen LogP contribution in [0.1, 0.15) is 26.6 Å². The molecular weight excluding hydrogens is 308 g/mol. The highest BCUT2D eigenvalue weighted by atomic mass is 32.2. The fraction of sp³-hybridized carbons (Fsp3) is 0.286. The van der Waals surface area contributed by atoms with Gasteiger partial charge in [0.25, 0.3) is 5.91 Å². The number of nitrogens with one attached hydrogen (secondary N) is 1. The largest absolute Gasteiger partial charge is 0.347 e. The third kappa shape index (κ3) is 4.12. The molecular formula is C14H16N2O3S2. The molecule has 0 unspecified atom stereocenters. The van der Waals surface area contributed by atoms with Gasteiger partial charge in [0.2, 0.25) is 0 Å². The lowest BCUT2D eigenvalue weighted by Gasteiger charge is -2.05. The summed E-state index contributed by atoms with van der Waals surface area (Å²) >= 11 is 1.17. The second-order valence-electron chi connectivity index (χ2n) is 4.81. The van der Waals surface area contributed by atoms with Gasteiger partial charge in [-0.3, -0.25) is 9.78 Å². The molecule has 2 aromatic heterocycles. The lowest BCUT2D eigenvalue weighted by atomic mass is 10.2. The van der Waals surface area contributed by atoms with Crippen LogP contribution >= 0.6 is 11.3 Å². The topological polar surface area (TPSA) is 76.1 Å². The molecule has 5 nitrogen and oxygen atoms in total. The molecule has 0 saturated carbocycles. The van der Waals surface area contributed by atoms with Crippen molar-refractivity contribution in [3.8, 4) is 0 Å². The zero-order valence-electron chi connectivity index (χ0n) is 12.0. The summed E-state index contributed by atoms with van der Waals surface area (Å²) in [5, 5.41) is 2.78. The number of pyridine rings is 1. The van der Waals surface area contributed by atoms with E-state index in [2.05, 4.69) is 10.3 Å². The van der Waals surface area contributed by atoms with Crippen LogP contribution in [0.5, 0.6) is 0 Å². The standard InChI is InChI=1S/C14H16N2O3S2/c1-9-6-11(7-10(2)16-9)14(17)15-8-12-4-5-13(20-12)21(3,18)19/h4-7H,8H2,1-3H3,(H,15,17). The minimum absolute atomic E-state index is 0.196. The highest BCUT2D eigenvalue weighted by Crippen LogP contribution is 2.21. The van der Waals surface area contributed by atoms with Crippen LogP contribution in [-0.2, 0) is 16.4 Å². The number of aromatic nitrogens is 1. The van der Waals surface area contributed by atoms with Gasteiger partial charge in [-0.05, 0) is 38.1 Å². The Morgan fingerprint density at radius 2 is 1.86 bits per heavy atom. The van der Waals surface area contributed by atoms with Gasteiger partial charge in [-0.1, -0.05) is 0 Å². The smallest absolute Gasteiger partial charge is 0.251 e. The van der Waals surface area contributed by atoms with E-state index in [1.165, 1.54) is 17.6 Å². The molecule has 0 aromatic carbocycles. The Morgan fingerprint density at radius 3 is 2.38 bits per heavy atom. The van der Waals surface area contributed by atoms with Gasteiger partial charge in [0.15, 0.2) is 9.84 Å². The molecule has 7 heteroatoms. The van der Waals surface area contributed by atoms with Gasteiger partial charge in [0.05, 0.1) is 6.54 Å². The van der Waals surface area contributed by atoms with Crippen molar-refractivity contribution in [2.45, 2.75) is 24.6 Å². The van der Waals surface area contributed by atoms with Gasteiger partial charge >= 0.3 is 0 Å². The summed E-state index contributed by atoms with van der Waals surface area (Å²) in [5.41, 5.74) is 2.13. The first-order valence-corrected chi connectivity index (χ1v) is 8.99. The summed E-state index contributed by atoms with van der Waals surface area (Å²) in [7, 11) is -3.19. The Bertz CT molecular complexity index is 759. The van der Waals surface area contributed by atoms with Crippen molar-refractivity contribution in [3.63, 3.8) is 0 Å². The Hall–Kier alpha value is -1.73. The Morgan fingerprint density at radius 1 is 1.24 bits per heavy atom. The number of amides is 1. The van der Waals surface area contributed by atoms with E-state index in [-0.39, 0.29) is 5.91 Å². The van der Waals surface area contributed by atoms with Gasteiger partial charge in [0.1, 0.15) is 4.21 Å². The van der Waals surface area contributed by atoms with Gasteiger partial charge in [-0.2, -0.15) is 0 Å². The monoisotopic (exact) mass is 324 g/mol. The Balaban J connectivity index is 2.06. The van der Waals surface area contributed by atoms with E-state index in [0.29, 0.717) is 16.3 Å². The maximum atomic E-state index is 12.1. The molecule has 1 amide bonds. The molecule has 21 heavy (non-hydrogen) atoms. The number of carbonyl (C=O) groups excluding carboxylic acids is 1. The number of hydrogen-bond donors (Lipinski definition) is 1. The number of carbonyl (C=O) groups is 1. The highest BCUT2D eigenvalue weighted by Gasteiger charge is 2.12. The van der Waals surface area contributed by atoms with Crippen molar-refractivity contribution in [2.75, 3.05) is 6.26 Å². The molecule has 0 saturated heterocycles. The summed E-state index contributed by atoms with van der Waals surface area (Å²) in [6.45, 7) is 3.97. The van der Waals surface area contributed by atoms with Crippen LogP contribution in [0.15, 0.2) is 28.5 Å². The summed E-state index contributed by atoms with van der Waals surface area (Å²) in [6, 6.07) is 6.71. The van der Waals surface area contributed by atoms with E-state index < -0.39 is 9.84 Å². The third-order valence-electron chi connectivity index (χ3n) is 2.77. The average molecular weight is 324 g/mol. The molecule has 1 N–H and O–H groups in total. The predicted octanol–water partition coefficient (Wildman–Crippen LogP) is 2.09. The molecule has 2 rings (SSSR count). The first-order chi connectivity index (χ1) is 9.75. The van der Waals surface area contributed by atoms with Crippen molar-refractivity contribution in [1.29, 1.82) is 0 Å². The first kappa shape index (κ1) is 15.7. The van der Waals surface area contributed by atoms with Crippen molar-refractivity contribution in [1.82, 2.24) is 10.3 Å². The molecule has 0 aliphatic heterocycles.